The van der Waals surface area contributed by atoms with Crippen LogP contribution in [0.25, 0.3) is 0 Å². The van der Waals surface area contributed by atoms with E-state index in [1.807, 2.05) is 0 Å². The van der Waals surface area contributed by atoms with Crippen LogP contribution in [0.1, 0.15) is 303 Å². The highest BCUT2D eigenvalue weighted by Gasteiger charge is 2.20. The largest absolute Gasteiger partial charge is 0.466 e. The lowest BCUT2D eigenvalue weighted by atomic mass is 10.0. The minimum atomic E-state index is -0.669. The lowest BCUT2D eigenvalue weighted by molar-refractivity contribution is -0.143. The van der Waals surface area contributed by atoms with Gasteiger partial charge in [0.2, 0.25) is 5.91 Å². The average Bonchev–Trinajstić information content (AvgIpc) is 3.24. The third-order valence-corrected chi connectivity index (χ3v) is 12.7. The molecule has 0 saturated carbocycles. The summed E-state index contributed by atoms with van der Waals surface area (Å²) in [4.78, 5) is 24.5. The fourth-order valence-electron chi connectivity index (χ4n) is 8.52. The second-order valence-electron chi connectivity index (χ2n) is 18.6. The molecule has 0 radical (unpaired) electrons. The van der Waals surface area contributed by atoms with Gasteiger partial charge in [-0.05, 0) is 25.7 Å². The van der Waals surface area contributed by atoms with Gasteiger partial charge in [-0.15, -0.1) is 0 Å². The first-order chi connectivity index (χ1) is 29.0. The molecule has 0 heterocycles. The van der Waals surface area contributed by atoms with Gasteiger partial charge >= 0.3 is 5.97 Å². The molecular formula is C53H105NO5. The number of aliphatic hydroxyl groups is 2. The molecule has 6 heteroatoms. The van der Waals surface area contributed by atoms with E-state index in [0.717, 1.165) is 51.4 Å². The molecule has 0 aliphatic rings. The van der Waals surface area contributed by atoms with Crippen LogP contribution in [-0.4, -0.2) is 47.4 Å². The Hall–Kier alpha value is -1.14. The van der Waals surface area contributed by atoms with Gasteiger partial charge in [-0.25, -0.2) is 0 Å². The normalized spacial score (nSPS) is 12.5. The maximum absolute atomic E-state index is 12.4. The molecule has 59 heavy (non-hydrogen) atoms. The zero-order valence-electron chi connectivity index (χ0n) is 40.0. The van der Waals surface area contributed by atoms with Gasteiger partial charge < -0.3 is 20.3 Å². The molecule has 6 nitrogen and oxygen atoms in total. The maximum atomic E-state index is 12.4. The van der Waals surface area contributed by atoms with Crippen molar-refractivity contribution in [2.75, 3.05) is 13.2 Å². The third kappa shape index (κ3) is 46.2. The Kier molecular flexibility index (Phi) is 48.6. The minimum absolute atomic E-state index is 0.000628. The number of rotatable bonds is 50. The van der Waals surface area contributed by atoms with Gasteiger partial charge in [-0.1, -0.05) is 264 Å². The smallest absolute Gasteiger partial charge is 0.305 e. The average molecular weight is 836 g/mol. The summed E-state index contributed by atoms with van der Waals surface area (Å²) in [5, 5.41) is 23.1. The lowest BCUT2D eigenvalue weighted by Crippen LogP contribution is -2.45. The Morgan fingerprint density at radius 2 is 0.695 bits per heavy atom. The number of ether oxygens (including phenoxy) is 1. The molecule has 0 aliphatic carbocycles. The van der Waals surface area contributed by atoms with Crippen LogP contribution in [0.15, 0.2) is 0 Å². The van der Waals surface area contributed by atoms with Gasteiger partial charge in [-0.2, -0.15) is 0 Å². The second kappa shape index (κ2) is 49.5. The van der Waals surface area contributed by atoms with E-state index < -0.39 is 12.1 Å². The fourth-order valence-corrected chi connectivity index (χ4v) is 8.52. The number of nitrogens with one attached hydrogen (secondary N) is 1. The first-order valence-electron chi connectivity index (χ1n) is 26.8. The Bertz CT molecular complexity index is 837. The SMILES string of the molecule is CCCCCCCCCCCCCCCCCCCCC(=O)OCCCCCCCCCCCCCCCC(=O)NC(CO)C(O)CCCCCCCCCCCCC. The molecule has 3 N–H and O–H groups in total. The van der Waals surface area contributed by atoms with Crippen LogP contribution in [-0.2, 0) is 14.3 Å². The highest BCUT2D eigenvalue weighted by Crippen LogP contribution is 2.17. The minimum Gasteiger partial charge on any atom is -0.466 e. The van der Waals surface area contributed by atoms with Gasteiger partial charge in [0, 0.05) is 12.8 Å². The summed E-state index contributed by atoms with van der Waals surface area (Å²) in [5.74, 6) is -0.0478. The van der Waals surface area contributed by atoms with Crippen LogP contribution >= 0.6 is 0 Å². The molecule has 0 aliphatic heterocycles. The van der Waals surface area contributed by atoms with E-state index in [9.17, 15) is 19.8 Å². The van der Waals surface area contributed by atoms with Gasteiger partial charge in [0.1, 0.15) is 0 Å². The highest BCUT2D eigenvalue weighted by molar-refractivity contribution is 5.76. The second-order valence-corrected chi connectivity index (χ2v) is 18.6. The van der Waals surface area contributed by atoms with Crippen molar-refractivity contribution in [3.63, 3.8) is 0 Å². The van der Waals surface area contributed by atoms with E-state index in [4.69, 9.17) is 4.74 Å². The fraction of sp³-hybridized carbons (Fsp3) is 0.962. The van der Waals surface area contributed by atoms with Crippen LogP contribution in [0.3, 0.4) is 0 Å². The van der Waals surface area contributed by atoms with Crippen LogP contribution in [0.5, 0.6) is 0 Å². The summed E-state index contributed by atoms with van der Waals surface area (Å²) in [6.45, 7) is 4.93. The first-order valence-corrected chi connectivity index (χ1v) is 26.8. The number of carbonyl (C=O) groups excluding carboxylic acids is 2. The van der Waals surface area contributed by atoms with Crippen molar-refractivity contribution in [1.82, 2.24) is 5.32 Å². The van der Waals surface area contributed by atoms with Crippen molar-refractivity contribution in [3.8, 4) is 0 Å². The number of amides is 1. The quantitative estimate of drug-likeness (QED) is 0.0419. The standard InChI is InChI=1S/C53H105NO5/c1-3-5-7-9-11-13-15-16-17-18-19-20-23-27-31-35-39-43-47-53(58)59-48-44-40-36-32-28-24-21-22-26-30-34-38-42-46-52(57)54-50(49-55)51(56)45-41-37-33-29-25-14-12-10-8-6-4-2/h50-51,55-56H,3-49H2,1-2H3,(H,54,57). The first kappa shape index (κ1) is 57.9. The van der Waals surface area contributed by atoms with E-state index >= 15 is 0 Å². The summed E-state index contributed by atoms with van der Waals surface area (Å²) < 4.78 is 5.48. The van der Waals surface area contributed by atoms with Crippen molar-refractivity contribution in [2.45, 2.75) is 315 Å². The van der Waals surface area contributed by atoms with Crippen LogP contribution < -0.4 is 5.32 Å². The molecule has 0 bridgehead atoms. The van der Waals surface area contributed by atoms with Crippen molar-refractivity contribution in [1.29, 1.82) is 0 Å². The molecular weight excluding hydrogens is 731 g/mol. The van der Waals surface area contributed by atoms with E-state index in [1.165, 1.54) is 218 Å². The van der Waals surface area contributed by atoms with Crippen LogP contribution in [0.2, 0.25) is 0 Å². The van der Waals surface area contributed by atoms with Crippen molar-refractivity contribution < 1.29 is 24.5 Å². The number of hydrogen-bond acceptors (Lipinski definition) is 5. The Balaban J connectivity index is 3.39. The molecule has 0 aromatic carbocycles. The molecule has 0 rings (SSSR count). The highest BCUT2D eigenvalue weighted by atomic mass is 16.5. The van der Waals surface area contributed by atoms with E-state index in [-0.39, 0.29) is 18.5 Å². The van der Waals surface area contributed by atoms with Crippen molar-refractivity contribution >= 4 is 11.9 Å². The van der Waals surface area contributed by atoms with Crippen LogP contribution in [0.4, 0.5) is 0 Å². The Morgan fingerprint density at radius 3 is 1.03 bits per heavy atom. The molecule has 0 saturated heterocycles. The number of carbonyl (C=O) groups is 2. The number of unbranched alkanes of at least 4 members (excludes halogenated alkanes) is 39. The Labute approximate surface area is 368 Å². The molecule has 352 valence electrons. The maximum Gasteiger partial charge on any atom is 0.305 e. The number of esters is 1. The predicted octanol–water partition coefficient (Wildman–Crippen LogP) is 16.0. The van der Waals surface area contributed by atoms with Crippen molar-refractivity contribution in [3.05, 3.63) is 0 Å². The molecule has 2 unspecified atom stereocenters. The molecule has 2 atom stereocenters. The summed E-state index contributed by atoms with van der Waals surface area (Å²) in [7, 11) is 0. The number of hydrogen-bond donors (Lipinski definition) is 3. The third-order valence-electron chi connectivity index (χ3n) is 12.7. The molecule has 0 spiro atoms. The van der Waals surface area contributed by atoms with Crippen LogP contribution in [0, 0.1) is 0 Å². The number of aliphatic hydroxyl groups excluding tert-OH is 2. The molecule has 0 aromatic heterocycles. The summed E-state index contributed by atoms with van der Waals surface area (Å²) in [5.41, 5.74) is 0. The predicted molar refractivity (Wildman–Crippen MR) is 255 cm³/mol. The molecule has 1 amide bonds. The zero-order chi connectivity index (χ0) is 43.0. The van der Waals surface area contributed by atoms with E-state index in [1.54, 1.807) is 0 Å². The topological polar surface area (TPSA) is 95.9 Å². The monoisotopic (exact) mass is 836 g/mol. The lowest BCUT2D eigenvalue weighted by Gasteiger charge is -2.22. The van der Waals surface area contributed by atoms with Gasteiger partial charge in [0.25, 0.3) is 0 Å². The van der Waals surface area contributed by atoms with E-state index in [0.29, 0.717) is 25.9 Å². The summed E-state index contributed by atoms with van der Waals surface area (Å²) in [6.07, 6.45) is 55.1. The molecule has 0 aromatic rings. The summed E-state index contributed by atoms with van der Waals surface area (Å²) >= 11 is 0. The van der Waals surface area contributed by atoms with Gasteiger partial charge in [0.05, 0.1) is 25.4 Å². The van der Waals surface area contributed by atoms with Crippen molar-refractivity contribution in [2.24, 2.45) is 0 Å². The Morgan fingerprint density at radius 1 is 0.407 bits per heavy atom. The summed E-state index contributed by atoms with van der Waals surface area (Å²) in [6, 6.07) is -0.548. The van der Waals surface area contributed by atoms with Gasteiger partial charge in [-0.3, -0.25) is 9.59 Å². The molecule has 0 fully saturated rings. The van der Waals surface area contributed by atoms with E-state index in [2.05, 4.69) is 19.2 Å². The zero-order valence-corrected chi connectivity index (χ0v) is 40.0. The van der Waals surface area contributed by atoms with Gasteiger partial charge in [0.15, 0.2) is 0 Å².